The number of nitrogens with zero attached hydrogens (tertiary/aromatic N) is 1. The lowest BCUT2D eigenvalue weighted by molar-refractivity contribution is -0.122. The molecule has 0 saturated heterocycles. The van der Waals surface area contributed by atoms with Crippen LogP contribution in [-0.4, -0.2) is 68.7 Å². The first-order valence-corrected chi connectivity index (χ1v) is 17.5. The van der Waals surface area contributed by atoms with Gasteiger partial charge in [0.05, 0.1) is 35.5 Å². The number of nitrogens with one attached hydrogen (secondary N) is 1. The fourth-order valence-corrected chi connectivity index (χ4v) is 7.77. The third-order valence-electron chi connectivity index (χ3n) is 9.43. The Labute approximate surface area is 309 Å². The Kier molecular flexibility index (Phi) is 10.4. The van der Waals surface area contributed by atoms with Gasteiger partial charge in [0.15, 0.2) is 28.8 Å². The van der Waals surface area contributed by atoms with Gasteiger partial charge in [-0.2, -0.15) is 0 Å². The molecule has 1 aliphatic carbocycles. The summed E-state index contributed by atoms with van der Waals surface area (Å²) in [7, 11) is 7.12. The van der Waals surface area contributed by atoms with E-state index in [2.05, 4.69) is 10.3 Å². The zero-order valence-corrected chi connectivity index (χ0v) is 30.9. The molecule has 0 fully saturated rings. The predicted octanol–water partition coefficient (Wildman–Crippen LogP) is 6.73. The smallest absolute Gasteiger partial charge is 0.231 e. The molecule has 4 aromatic rings. The summed E-state index contributed by atoms with van der Waals surface area (Å²) < 4.78 is 34.0. The van der Waals surface area contributed by atoms with Gasteiger partial charge in [-0.3, -0.25) is 14.4 Å². The Hall–Kier alpha value is -5.27. The van der Waals surface area contributed by atoms with Crippen LogP contribution in [-0.2, 0) is 16.1 Å². The first kappa shape index (κ1) is 36.5. The zero-order valence-electron chi connectivity index (χ0n) is 29.3. The highest BCUT2D eigenvalue weighted by Crippen LogP contribution is 2.56. The summed E-state index contributed by atoms with van der Waals surface area (Å²) in [6.45, 7) is 1.81. The molecule has 0 saturated carbocycles. The second-order valence-corrected chi connectivity index (χ2v) is 13.6. The molecule has 2 N–H and O–H groups in total. The number of rotatable bonds is 12. The number of fused-ring (bicyclic) bond motifs is 1. The maximum Gasteiger partial charge on any atom is 0.231 e. The van der Waals surface area contributed by atoms with Crippen LogP contribution in [0.5, 0.6) is 34.5 Å². The van der Waals surface area contributed by atoms with Gasteiger partial charge in [0, 0.05) is 60.0 Å². The molecule has 0 bridgehead atoms. The Bertz CT molecular complexity index is 2060. The third-order valence-corrected chi connectivity index (χ3v) is 10.6. The van der Waals surface area contributed by atoms with Crippen molar-refractivity contribution >= 4 is 40.4 Å². The number of aliphatic hydroxyl groups is 1. The van der Waals surface area contributed by atoms with E-state index in [1.807, 2.05) is 29.6 Å². The van der Waals surface area contributed by atoms with Crippen LogP contribution < -0.4 is 33.7 Å². The number of hydrogen-bond donors (Lipinski definition) is 2. The fourth-order valence-electron chi connectivity index (χ4n) is 6.87. The van der Waals surface area contributed by atoms with Gasteiger partial charge in [-0.1, -0.05) is 36.7 Å². The van der Waals surface area contributed by atoms with Gasteiger partial charge in [0.25, 0.3) is 0 Å². The Morgan fingerprint density at radius 2 is 1.71 bits per heavy atom. The molecular formula is C38H37ClN2O10S. The summed E-state index contributed by atoms with van der Waals surface area (Å²) in [5.41, 5.74) is -0.0939. The molecule has 1 spiro atoms. The predicted molar refractivity (Wildman–Crippen MR) is 194 cm³/mol. The van der Waals surface area contributed by atoms with Crippen molar-refractivity contribution in [2.24, 2.45) is 5.92 Å². The molecule has 1 aliphatic heterocycles. The van der Waals surface area contributed by atoms with E-state index in [4.69, 9.17) is 40.0 Å². The molecule has 272 valence electrons. The summed E-state index contributed by atoms with van der Waals surface area (Å²) in [6.07, 6.45) is 1.23. The SMILES string of the molecule is COc1cc(OC)c2c(c1Cl)O[C@]1(C2=O)C(O)=C(C(CC(=O)NCc2cccc(-c3nccs3)c2)c2cc(OC)c(OC)c(OC)c2)C(=O)C[C@H]1C. The lowest BCUT2D eigenvalue weighted by atomic mass is 9.69. The van der Waals surface area contributed by atoms with Crippen molar-refractivity contribution in [3.8, 4) is 45.1 Å². The van der Waals surface area contributed by atoms with Crippen LogP contribution in [0.25, 0.3) is 10.6 Å². The molecular weight excluding hydrogens is 712 g/mol. The summed E-state index contributed by atoms with van der Waals surface area (Å²) in [5.74, 6) is -3.04. The van der Waals surface area contributed by atoms with E-state index in [1.54, 1.807) is 25.3 Å². The number of ketones is 2. The molecule has 14 heteroatoms. The molecule has 0 radical (unpaired) electrons. The number of Topliss-reactive ketones (excluding diaryl/α,β-unsaturated/α-hetero) is 2. The first-order chi connectivity index (χ1) is 25.0. The summed E-state index contributed by atoms with van der Waals surface area (Å²) >= 11 is 8.15. The summed E-state index contributed by atoms with van der Waals surface area (Å²) in [5, 5.41) is 18.0. The molecule has 12 nitrogen and oxygen atoms in total. The van der Waals surface area contributed by atoms with E-state index in [0.29, 0.717) is 5.56 Å². The van der Waals surface area contributed by atoms with Gasteiger partial charge in [0.2, 0.25) is 23.0 Å². The van der Waals surface area contributed by atoms with Crippen molar-refractivity contribution in [3.63, 3.8) is 0 Å². The van der Waals surface area contributed by atoms with E-state index < -0.39 is 40.7 Å². The number of aromatic nitrogens is 1. The average molecular weight is 749 g/mol. The van der Waals surface area contributed by atoms with Crippen molar-refractivity contribution in [1.82, 2.24) is 10.3 Å². The van der Waals surface area contributed by atoms with Crippen LogP contribution >= 0.6 is 22.9 Å². The van der Waals surface area contributed by atoms with E-state index in [1.165, 1.54) is 53.0 Å². The minimum Gasteiger partial charge on any atom is -0.507 e. The molecule has 1 unspecified atom stereocenters. The average Bonchev–Trinajstić information content (AvgIpc) is 3.80. The normalized spacial score (nSPS) is 18.5. The topological polar surface area (TPSA) is 152 Å². The van der Waals surface area contributed by atoms with Gasteiger partial charge < -0.3 is 38.8 Å². The molecule has 52 heavy (non-hydrogen) atoms. The monoisotopic (exact) mass is 748 g/mol. The van der Waals surface area contributed by atoms with Gasteiger partial charge in [-0.05, 0) is 29.3 Å². The van der Waals surface area contributed by atoms with Gasteiger partial charge in [-0.25, -0.2) is 4.98 Å². The first-order valence-electron chi connectivity index (χ1n) is 16.2. The number of carbonyl (C=O) groups excluding carboxylic acids is 3. The number of ether oxygens (including phenoxy) is 6. The van der Waals surface area contributed by atoms with Crippen LogP contribution in [0.1, 0.15) is 47.2 Å². The van der Waals surface area contributed by atoms with E-state index in [0.717, 1.165) is 16.1 Å². The quantitative estimate of drug-likeness (QED) is 0.159. The van der Waals surface area contributed by atoms with Gasteiger partial charge in [-0.15, -0.1) is 11.3 Å². The van der Waals surface area contributed by atoms with Crippen LogP contribution in [0.3, 0.4) is 0 Å². The summed E-state index contributed by atoms with van der Waals surface area (Å²) in [4.78, 5) is 46.8. The number of hydrogen-bond acceptors (Lipinski definition) is 12. The number of carbonyl (C=O) groups is 3. The third kappa shape index (κ3) is 6.17. The van der Waals surface area contributed by atoms with Crippen molar-refractivity contribution in [1.29, 1.82) is 0 Å². The zero-order chi connectivity index (χ0) is 37.3. The van der Waals surface area contributed by atoms with E-state index >= 15 is 0 Å². The molecule has 3 atom stereocenters. The molecule has 1 amide bonds. The Morgan fingerprint density at radius 1 is 1.02 bits per heavy atom. The van der Waals surface area contributed by atoms with Gasteiger partial charge in [0.1, 0.15) is 27.1 Å². The summed E-state index contributed by atoms with van der Waals surface area (Å²) in [6, 6.07) is 12.3. The van der Waals surface area contributed by atoms with Crippen LogP contribution in [0, 0.1) is 5.92 Å². The van der Waals surface area contributed by atoms with Gasteiger partial charge >= 0.3 is 0 Å². The standard InChI is InChI=1S/C38H37ClN2O10S/c1-19-12-24(42)30(35(44)38(19)36(45)31-25(46-2)17-26(47-3)32(39)34(31)51-38)23(22-14-27(48-4)33(50-6)28(15-22)49-5)16-29(43)41-18-20-8-7-9-21(13-20)37-40-10-11-52-37/h7-11,13-15,17,19,23,44H,12,16,18H2,1-6H3,(H,41,43)/t19-,23?,38+/m1/s1. The molecule has 2 heterocycles. The maximum atomic E-state index is 14.5. The fraction of sp³-hybridized carbons (Fsp3) is 0.316. The number of amides is 1. The number of allylic oxidation sites excluding steroid dienone is 1. The highest BCUT2D eigenvalue weighted by molar-refractivity contribution is 7.13. The molecule has 3 aromatic carbocycles. The molecule has 2 aliphatic rings. The minimum atomic E-state index is -2.06. The Morgan fingerprint density at radius 3 is 2.33 bits per heavy atom. The second-order valence-electron chi connectivity index (χ2n) is 12.3. The van der Waals surface area contributed by atoms with E-state index in [9.17, 15) is 19.5 Å². The number of thiazole rings is 1. The van der Waals surface area contributed by atoms with Crippen molar-refractivity contribution in [3.05, 3.63) is 87.1 Å². The van der Waals surface area contributed by atoms with Crippen LogP contribution in [0.15, 0.2) is 65.4 Å². The minimum absolute atomic E-state index is 0.00135. The lowest BCUT2D eigenvalue weighted by Crippen LogP contribution is -2.53. The van der Waals surface area contributed by atoms with Crippen LogP contribution in [0.4, 0.5) is 0 Å². The maximum absolute atomic E-state index is 14.5. The molecule has 1 aromatic heterocycles. The van der Waals surface area contributed by atoms with E-state index in [-0.39, 0.29) is 70.0 Å². The number of halogens is 1. The number of benzene rings is 3. The van der Waals surface area contributed by atoms with Crippen LogP contribution in [0.2, 0.25) is 5.02 Å². The van der Waals surface area contributed by atoms with Crippen molar-refractivity contribution < 1.29 is 47.9 Å². The van der Waals surface area contributed by atoms with Crippen molar-refractivity contribution in [2.75, 3.05) is 35.5 Å². The van der Waals surface area contributed by atoms with Crippen molar-refractivity contribution in [2.45, 2.75) is 37.8 Å². The Balaban J connectivity index is 1.45. The highest BCUT2D eigenvalue weighted by atomic mass is 35.5. The molecule has 6 rings (SSSR count). The number of aliphatic hydroxyl groups excluding tert-OH is 1. The lowest BCUT2D eigenvalue weighted by Gasteiger charge is -2.38. The largest absolute Gasteiger partial charge is 0.507 e. The highest BCUT2D eigenvalue weighted by Gasteiger charge is 2.61. The second kappa shape index (κ2) is 14.8. The number of methoxy groups -OCH3 is 5.